The number of nitrogens with one attached hydrogen (secondary N) is 1. The summed E-state index contributed by atoms with van der Waals surface area (Å²) >= 11 is 1.67. The largest absolute Gasteiger partial charge is 0.478 e. The van der Waals surface area contributed by atoms with Crippen molar-refractivity contribution in [3.05, 3.63) is 53.0 Å². The fraction of sp³-hybridized carbons (Fsp3) is 0.250. The quantitative estimate of drug-likeness (QED) is 0.906. The molecule has 3 rings (SSSR count). The third-order valence-corrected chi connectivity index (χ3v) is 4.84. The van der Waals surface area contributed by atoms with Crippen LogP contribution in [0.4, 0.5) is 0 Å². The van der Waals surface area contributed by atoms with Gasteiger partial charge in [-0.05, 0) is 24.6 Å². The van der Waals surface area contributed by atoms with Gasteiger partial charge in [0.1, 0.15) is 17.1 Å². The van der Waals surface area contributed by atoms with Gasteiger partial charge in [0.25, 0.3) is 0 Å². The summed E-state index contributed by atoms with van der Waals surface area (Å²) in [5, 5.41) is 11.8. The normalized spacial score (nSPS) is 16.3. The van der Waals surface area contributed by atoms with Crippen molar-refractivity contribution in [1.29, 1.82) is 0 Å². The molecule has 114 valence electrons. The molecule has 1 amide bonds. The minimum absolute atomic E-state index is 0.0663. The third-order valence-electron chi connectivity index (χ3n) is 3.65. The number of rotatable bonds is 4. The monoisotopic (exact) mass is 317 g/mol. The summed E-state index contributed by atoms with van der Waals surface area (Å²) in [6.45, 7) is 1.79. The number of carboxylic acid groups (broad SMARTS) is 1. The van der Waals surface area contributed by atoms with Gasteiger partial charge >= 0.3 is 5.97 Å². The molecule has 1 atom stereocenters. The summed E-state index contributed by atoms with van der Waals surface area (Å²) < 4.78 is 5.36. The molecule has 0 saturated carbocycles. The van der Waals surface area contributed by atoms with E-state index in [1.165, 1.54) is 6.07 Å². The van der Waals surface area contributed by atoms with Gasteiger partial charge in [-0.25, -0.2) is 4.79 Å². The first-order valence-electron chi connectivity index (χ1n) is 6.88. The van der Waals surface area contributed by atoms with Gasteiger partial charge in [-0.2, -0.15) is 0 Å². The zero-order valence-corrected chi connectivity index (χ0v) is 12.8. The molecule has 1 aromatic carbocycles. The molecule has 1 aliphatic heterocycles. The number of hydrogen-bond acceptors (Lipinski definition) is 4. The van der Waals surface area contributed by atoms with Gasteiger partial charge in [0.15, 0.2) is 0 Å². The van der Waals surface area contributed by atoms with Gasteiger partial charge in [-0.1, -0.05) is 18.2 Å². The predicted molar refractivity (Wildman–Crippen MR) is 82.2 cm³/mol. The lowest BCUT2D eigenvalue weighted by Crippen LogP contribution is -2.28. The van der Waals surface area contributed by atoms with Crippen molar-refractivity contribution in [1.82, 2.24) is 5.32 Å². The summed E-state index contributed by atoms with van der Waals surface area (Å²) in [6, 6.07) is 9.34. The maximum atomic E-state index is 12.3. The zero-order chi connectivity index (χ0) is 15.7. The Balaban J connectivity index is 1.66. The Kier molecular flexibility index (Phi) is 3.94. The van der Waals surface area contributed by atoms with Crippen LogP contribution in [-0.4, -0.2) is 22.7 Å². The highest BCUT2D eigenvalue weighted by Crippen LogP contribution is 2.39. The molecular weight excluding hydrogens is 302 g/mol. The van der Waals surface area contributed by atoms with Crippen LogP contribution in [0.15, 0.2) is 39.6 Å². The summed E-state index contributed by atoms with van der Waals surface area (Å²) in [5.41, 5.74) is 1.18. The van der Waals surface area contributed by atoms with Crippen LogP contribution in [0.3, 0.4) is 0 Å². The molecule has 0 aliphatic carbocycles. The lowest BCUT2D eigenvalue weighted by Gasteiger charge is -2.10. The van der Waals surface area contributed by atoms with Gasteiger partial charge in [0.05, 0.1) is 12.5 Å². The van der Waals surface area contributed by atoms with E-state index in [1.54, 1.807) is 18.7 Å². The Morgan fingerprint density at radius 1 is 1.41 bits per heavy atom. The van der Waals surface area contributed by atoms with Crippen molar-refractivity contribution >= 4 is 23.6 Å². The van der Waals surface area contributed by atoms with E-state index in [-0.39, 0.29) is 23.9 Å². The van der Waals surface area contributed by atoms with Crippen molar-refractivity contribution in [2.24, 2.45) is 0 Å². The fourth-order valence-electron chi connectivity index (χ4n) is 2.52. The van der Waals surface area contributed by atoms with Crippen LogP contribution in [0.25, 0.3) is 0 Å². The number of fused-ring (bicyclic) bond motifs is 1. The van der Waals surface area contributed by atoms with E-state index in [4.69, 9.17) is 9.52 Å². The van der Waals surface area contributed by atoms with E-state index in [2.05, 4.69) is 5.32 Å². The molecule has 2 N–H and O–H groups in total. The number of aryl methyl sites for hydroxylation is 1. The minimum Gasteiger partial charge on any atom is -0.478 e. The van der Waals surface area contributed by atoms with E-state index in [0.29, 0.717) is 11.5 Å². The average Bonchev–Trinajstić information content (AvgIpc) is 3.08. The topological polar surface area (TPSA) is 79.5 Å². The van der Waals surface area contributed by atoms with Gasteiger partial charge in [-0.15, -0.1) is 11.8 Å². The minimum atomic E-state index is -1.03. The van der Waals surface area contributed by atoms with Crippen molar-refractivity contribution in [3.63, 3.8) is 0 Å². The van der Waals surface area contributed by atoms with Crippen LogP contribution in [-0.2, 0) is 11.3 Å². The number of aromatic carboxylic acids is 1. The standard InChI is InChI=1S/C16H15NO4S/c1-9-12(16(19)20)6-10(21-9)7-17-15(18)13-8-22-14-5-3-2-4-11(13)14/h2-6,13H,7-8H2,1H3,(H,17,18)(H,19,20)/t13-/m1/s1. The smallest absolute Gasteiger partial charge is 0.339 e. The van der Waals surface area contributed by atoms with Gasteiger partial charge in [0.2, 0.25) is 5.91 Å². The van der Waals surface area contributed by atoms with E-state index in [9.17, 15) is 9.59 Å². The van der Waals surface area contributed by atoms with Crippen LogP contribution in [0, 0.1) is 6.92 Å². The lowest BCUT2D eigenvalue weighted by atomic mass is 10.0. The highest BCUT2D eigenvalue weighted by molar-refractivity contribution is 7.99. The third kappa shape index (κ3) is 2.74. The van der Waals surface area contributed by atoms with Crippen LogP contribution in [0.1, 0.15) is 33.4 Å². The Labute approximate surface area is 131 Å². The number of carbonyl (C=O) groups excluding carboxylic acids is 1. The number of carboxylic acids is 1. The average molecular weight is 317 g/mol. The fourth-order valence-corrected chi connectivity index (χ4v) is 3.75. The second-order valence-electron chi connectivity index (χ2n) is 5.11. The number of amides is 1. The van der Waals surface area contributed by atoms with Crippen molar-refractivity contribution < 1.29 is 19.1 Å². The predicted octanol–water partition coefficient (Wildman–Crippen LogP) is 2.79. The molecule has 0 spiro atoms. The first-order valence-corrected chi connectivity index (χ1v) is 7.87. The van der Waals surface area contributed by atoms with Crippen LogP contribution in [0.5, 0.6) is 0 Å². The summed E-state index contributed by atoms with van der Waals surface area (Å²) in [7, 11) is 0. The number of thioether (sulfide) groups is 1. The van der Waals surface area contributed by atoms with Crippen molar-refractivity contribution in [2.45, 2.75) is 24.3 Å². The summed E-state index contributed by atoms with van der Waals surface area (Å²) in [4.78, 5) is 24.4. The maximum absolute atomic E-state index is 12.3. The summed E-state index contributed by atoms with van der Waals surface area (Å²) in [5.74, 6) is 0.253. The van der Waals surface area contributed by atoms with E-state index in [0.717, 1.165) is 16.2 Å². The second-order valence-corrected chi connectivity index (χ2v) is 6.17. The molecule has 1 aliphatic rings. The summed E-state index contributed by atoms with van der Waals surface area (Å²) in [6.07, 6.45) is 0. The molecule has 2 heterocycles. The molecule has 1 aromatic heterocycles. The maximum Gasteiger partial charge on any atom is 0.339 e. The van der Waals surface area contributed by atoms with Crippen LogP contribution in [0.2, 0.25) is 0 Å². The van der Waals surface area contributed by atoms with E-state index >= 15 is 0 Å². The van der Waals surface area contributed by atoms with Gasteiger partial charge in [0, 0.05) is 10.6 Å². The van der Waals surface area contributed by atoms with Crippen molar-refractivity contribution in [3.8, 4) is 0 Å². The molecule has 0 saturated heterocycles. The highest BCUT2D eigenvalue weighted by atomic mass is 32.2. The molecule has 5 nitrogen and oxygen atoms in total. The molecule has 0 unspecified atom stereocenters. The SMILES string of the molecule is Cc1oc(CNC(=O)[C@@H]2CSc3ccccc32)cc1C(=O)O. The Hall–Kier alpha value is -2.21. The molecule has 2 aromatic rings. The highest BCUT2D eigenvalue weighted by Gasteiger charge is 2.28. The Morgan fingerprint density at radius 2 is 2.18 bits per heavy atom. The number of benzene rings is 1. The molecule has 6 heteroatoms. The Bertz CT molecular complexity index is 737. The first kappa shape index (κ1) is 14.7. The number of furan rings is 1. The molecule has 22 heavy (non-hydrogen) atoms. The molecule has 0 radical (unpaired) electrons. The van der Waals surface area contributed by atoms with Gasteiger partial charge in [-0.3, -0.25) is 4.79 Å². The van der Waals surface area contributed by atoms with E-state index < -0.39 is 5.97 Å². The van der Waals surface area contributed by atoms with Gasteiger partial charge < -0.3 is 14.8 Å². The molecule has 0 fully saturated rings. The lowest BCUT2D eigenvalue weighted by molar-refractivity contribution is -0.122. The number of carbonyl (C=O) groups is 2. The Morgan fingerprint density at radius 3 is 2.91 bits per heavy atom. The molecular formula is C16H15NO4S. The van der Waals surface area contributed by atoms with Crippen molar-refractivity contribution in [2.75, 3.05) is 5.75 Å². The second kappa shape index (κ2) is 5.88. The zero-order valence-electron chi connectivity index (χ0n) is 12.0. The van der Waals surface area contributed by atoms with E-state index in [1.807, 2.05) is 24.3 Å². The molecule has 0 bridgehead atoms. The first-order chi connectivity index (χ1) is 10.6. The number of hydrogen-bond donors (Lipinski definition) is 2. The van der Waals surface area contributed by atoms with Crippen LogP contribution >= 0.6 is 11.8 Å². The van der Waals surface area contributed by atoms with Crippen LogP contribution < -0.4 is 5.32 Å².